The van der Waals surface area contributed by atoms with Crippen LogP contribution in [0.4, 0.5) is 0 Å². The second-order valence-electron chi connectivity index (χ2n) is 6.31. The Bertz CT molecular complexity index is 877. The monoisotopic (exact) mass is 361 g/mol. The number of hydrogen-bond acceptors (Lipinski definition) is 4. The largest absolute Gasteiger partial charge is 0.493 e. The highest BCUT2D eigenvalue weighted by atomic mass is 32.2. The first-order valence-electron chi connectivity index (χ1n) is 8.25. The molecule has 0 aromatic heterocycles. The standard InChI is InChI=1S/C19H23NO4S/c1-13-5-4-6-16(9-13)25(21,22)20-12-15-8-7-14-10-18(23-2)19(24-3)11-17(14)15/h4-6,9-11,15,20H,7-8,12H2,1-3H3. The van der Waals surface area contributed by atoms with E-state index < -0.39 is 10.0 Å². The summed E-state index contributed by atoms with van der Waals surface area (Å²) in [5.74, 6) is 1.52. The molecule has 0 aliphatic heterocycles. The Morgan fingerprint density at radius 3 is 2.52 bits per heavy atom. The van der Waals surface area contributed by atoms with Crippen LogP contribution in [0.3, 0.4) is 0 Å². The zero-order chi connectivity index (χ0) is 18.0. The van der Waals surface area contributed by atoms with Gasteiger partial charge < -0.3 is 9.47 Å². The van der Waals surface area contributed by atoms with Gasteiger partial charge in [-0.15, -0.1) is 0 Å². The molecule has 0 amide bonds. The van der Waals surface area contributed by atoms with Crippen molar-refractivity contribution in [3.05, 3.63) is 53.1 Å². The number of hydrogen-bond donors (Lipinski definition) is 1. The van der Waals surface area contributed by atoms with Crippen molar-refractivity contribution >= 4 is 10.0 Å². The molecule has 1 atom stereocenters. The van der Waals surface area contributed by atoms with E-state index >= 15 is 0 Å². The number of benzene rings is 2. The molecule has 1 unspecified atom stereocenters. The van der Waals surface area contributed by atoms with Gasteiger partial charge >= 0.3 is 0 Å². The van der Waals surface area contributed by atoms with Crippen molar-refractivity contribution in [2.24, 2.45) is 0 Å². The highest BCUT2D eigenvalue weighted by molar-refractivity contribution is 7.89. The summed E-state index contributed by atoms with van der Waals surface area (Å²) in [7, 11) is -0.284. The van der Waals surface area contributed by atoms with Gasteiger partial charge in [-0.3, -0.25) is 0 Å². The van der Waals surface area contributed by atoms with Crippen LogP contribution < -0.4 is 14.2 Å². The van der Waals surface area contributed by atoms with E-state index in [1.807, 2.05) is 25.1 Å². The quantitative estimate of drug-likeness (QED) is 0.859. The van der Waals surface area contributed by atoms with E-state index in [2.05, 4.69) is 4.72 Å². The molecule has 1 aliphatic carbocycles. The van der Waals surface area contributed by atoms with Gasteiger partial charge in [0.2, 0.25) is 10.0 Å². The van der Waals surface area contributed by atoms with Gasteiger partial charge in [-0.1, -0.05) is 12.1 Å². The zero-order valence-corrected chi connectivity index (χ0v) is 15.5. The minimum atomic E-state index is -3.51. The number of rotatable bonds is 6. The predicted octanol–water partition coefficient (Wildman–Crippen LogP) is 3.02. The Hall–Kier alpha value is -2.05. The molecule has 0 bridgehead atoms. The Balaban J connectivity index is 1.78. The van der Waals surface area contributed by atoms with Crippen LogP contribution in [-0.2, 0) is 16.4 Å². The van der Waals surface area contributed by atoms with E-state index in [0.717, 1.165) is 24.0 Å². The van der Waals surface area contributed by atoms with Crippen molar-refractivity contribution in [1.29, 1.82) is 0 Å². The van der Waals surface area contributed by atoms with Crippen LogP contribution in [0.1, 0.15) is 29.0 Å². The van der Waals surface area contributed by atoms with Gasteiger partial charge in [0.1, 0.15) is 0 Å². The van der Waals surface area contributed by atoms with E-state index in [9.17, 15) is 8.42 Å². The van der Waals surface area contributed by atoms with E-state index in [-0.39, 0.29) is 5.92 Å². The van der Waals surface area contributed by atoms with Crippen molar-refractivity contribution in [2.75, 3.05) is 20.8 Å². The molecule has 25 heavy (non-hydrogen) atoms. The van der Waals surface area contributed by atoms with Gasteiger partial charge in [0.15, 0.2) is 11.5 Å². The second kappa shape index (κ2) is 7.06. The first-order chi connectivity index (χ1) is 11.9. The van der Waals surface area contributed by atoms with Crippen LogP contribution in [0.5, 0.6) is 11.5 Å². The van der Waals surface area contributed by atoms with Gasteiger partial charge in [-0.2, -0.15) is 0 Å². The molecular weight excluding hydrogens is 338 g/mol. The highest BCUT2D eigenvalue weighted by Crippen LogP contribution is 2.40. The molecule has 0 fully saturated rings. The summed E-state index contributed by atoms with van der Waals surface area (Å²) in [5, 5.41) is 0. The predicted molar refractivity (Wildman–Crippen MR) is 97.0 cm³/mol. The SMILES string of the molecule is COc1cc2c(cc1OC)C(CNS(=O)(=O)c1cccc(C)c1)CC2. The zero-order valence-electron chi connectivity index (χ0n) is 14.7. The van der Waals surface area contributed by atoms with Gasteiger partial charge in [0.25, 0.3) is 0 Å². The van der Waals surface area contributed by atoms with Crippen LogP contribution in [0.15, 0.2) is 41.3 Å². The summed E-state index contributed by atoms with van der Waals surface area (Å²) in [5.41, 5.74) is 3.24. The number of methoxy groups -OCH3 is 2. The molecule has 1 N–H and O–H groups in total. The van der Waals surface area contributed by atoms with Gasteiger partial charge in [0.05, 0.1) is 19.1 Å². The maximum atomic E-state index is 12.5. The van der Waals surface area contributed by atoms with Gasteiger partial charge in [-0.05, 0) is 66.6 Å². The van der Waals surface area contributed by atoms with Crippen molar-refractivity contribution in [3.8, 4) is 11.5 Å². The molecule has 1 aliphatic rings. The van der Waals surface area contributed by atoms with Gasteiger partial charge in [0, 0.05) is 6.54 Å². The van der Waals surface area contributed by atoms with Crippen LogP contribution >= 0.6 is 0 Å². The molecule has 5 nitrogen and oxygen atoms in total. The molecular formula is C19H23NO4S. The first-order valence-corrected chi connectivity index (χ1v) is 9.74. The molecule has 0 saturated carbocycles. The smallest absolute Gasteiger partial charge is 0.240 e. The second-order valence-corrected chi connectivity index (χ2v) is 8.08. The lowest BCUT2D eigenvalue weighted by atomic mass is 10.0. The summed E-state index contributed by atoms with van der Waals surface area (Å²) in [6.07, 6.45) is 1.81. The third kappa shape index (κ3) is 3.65. The maximum absolute atomic E-state index is 12.5. The molecule has 134 valence electrons. The maximum Gasteiger partial charge on any atom is 0.240 e. The lowest BCUT2D eigenvalue weighted by Gasteiger charge is -2.15. The molecule has 0 spiro atoms. The molecule has 0 radical (unpaired) electrons. The fourth-order valence-corrected chi connectivity index (χ4v) is 4.49. The fraction of sp³-hybridized carbons (Fsp3) is 0.368. The first kappa shape index (κ1) is 17.8. The molecule has 3 rings (SSSR count). The normalized spacial score (nSPS) is 16.5. The molecule has 0 saturated heterocycles. The Kier molecular flexibility index (Phi) is 5.01. The summed E-state index contributed by atoms with van der Waals surface area (Å²) >= 11 is 0. The van der Waals surface area contributed by atoms with E-state index in [4.69, 9.17) is 9.47 Å². The minimum absolute atomic E-state index is 0.134. The number of nitrogens with one attached hydrogen (secondary N) is 1. The van der Waals surface area contributed by atoms with Crippen LogP contribution in [0, 0.1) is 6.92 Å². The van der Waals surface area contributed by atoms with Crippen molar-refractivity contribution in [1.82, 2.24) is 4.72 Å². The van der Waals surface area contributed by atoms with Crippen LogP contribution in [0.25, 0.3) is 0 Å². The van der Waals surface area contributed by atoms with E-state index in [1.165, 1.54) is 5.56 Å². The Morgan fingerprint density at radius 1 is 1.12 bits per heavy atom. The van der Waals surface area contributed by atoms with Crippen molar-refractivity contribution in [3.63, 3.8) is 0 Å². The van der Waals surface area contributed by atoms with E-state index in [0.29, 0.717) is 22.9 Å². The van der Waals surface area contributed by atoms with Crippen molar-refractivity contribution in [2.45, 2.75) is 30.6 Å². The molecule has 0 heterocycles. The lowest BCUT2D eigenvalue weighted by molar-refractivity contribution is 0.354. The molecule has 2 aromatic rings. The Labute approximate surface area is 149 Å². The lowest BCUT2D eigenvalue weighted by Crippen LogP contribution is -2.28. The molecule has 6 heteroatoms. The van der Waals surface area contributed by atoms with E-state index in [1.54, 1.807) is 32.4 Å². The Morgan fingerprint density at radius 2 is 1.84 bits per heavy atom. The number of sulfonamides is 1. The number of ether oxygens (including phenoxy) is 2. The average molecular weight is 361 g/mol. The third-order valence-corrected chi connectivity index (χ3v) is 6.09. The minimum Gasteiger partial charge on any atom is -0.493 e. The summed E-state index contributed by atoms with van der Waals surface area (Å²) in [6.45, 7) is 2.25. The summed E-state index contributed by atoms with van der Waals surface area (Å²) in [6, 6.07) is 10.9. The molecule has 2 aromatic carbocycles. The van der Waals surface area contributed by atoms with Crippen LogP contribution in [-0.4, -0.2) is 29.2 Å². The van der Waals surface area contributed by atoms with Gasteiger partial charge in [-0.25, -0.2) is 13.1 Å². The fourth-order valence-electron chi connectivity index (χ4n) is 3.31. The average Bonchev–Trinajstić information content (AvgIpc) is 3.00. The summed E-state index contributed by atoms with van der Waals surface area (Å²) in [4.78, 5) is 0.304. The van der Waals surface area contributed by atoms with Crippen LogP contribution in [0.2, 0.25) is 0 Å². The highest BCUT2D eigenvalue weighted by Gasteiger charge is 2.26. The van der Waals surface area contributed by atoms with Crippen molar-refractivity contribution < 1.29 is 17.9 Å². The number of fused-ring (bicyclic) bond motifs is 1. The number of aryl methyl sites for hydroxylation is 2. The topological polar surface area (TPSA) is 64.6 Å². The third-order valence-electron chi connectivity index (χ3n) is 4.67. The summed E-state index contributed by atoms with van der Waals surface area (Å²) < 4.78 is 38.5.